The largest absolute Gasteiger partial charge is 0.497 e. The number of benzene rings is 1. The molecule has 1 aromatic rings. The summed E-state index contributed by atoms with van der Waals surface area (Å²) in [7, 11) is -0.168. The van der Waals surface area contributed by atoms with E-state index in [2.05, 4.69) is 57.0 Å². The third-order valence-electron chi connectivity index (χ3n) is 8.11. The number of carbonyl (C=O) groups excluding carboxylic acids is 1. The molecular formula is C25H37NO4Si. The fourth-order valence-electron chi connectivity index (χ4n) is 5.08. The van der Waals surface area contributed by atoms with Crippen molar-refractivity contribution in [1.82, 2.24) is 4.90 Å². The molecule has 0 saturated carbocycles. The molecule has 0 radical (unpaired) electrons. The van der Waals surface area contributed by atoms with Gasteiger partial charge in [-0.3, -0.25) is 9.69 Å². The Labute approximate surface area is 187 Å². The number of hydrogen-bond donors (Lipinski definition) is 0. The molecule has 0 bridgehead atoms. The Morgan fingerprint density at radius 1 is 1.23 bits per heavy atom. The summed E-state index contributed by atoms with van der Waals surface area (Å²) in [4.78, 5) is 14.6. The number of allylic oxidation sites excluding steroid dienone is 1. The van der Waals surface area contributed by atoms with E-state index in [0.717, 1.165) is 25.4 Å². The monoisotopic (exact) mass is 443 g/mol. The third kappa shape index (κ3) is 4.15. The van der Waals surface area contributed by atoms with Gasteiger partial charge >= 0.3 is 0 Å². The molecule has 2 heterocycles. The molecule has 4 atom stereocenters. The van der Waals surface area contributed by atoms with Crippen LogP contribution in [0.15, 0.2) is 36.4 Å². The maximum absolute atomic E-state index is 12.1. The second-order valence-electron chi connectivity index (χ2n) is 10.9. The SMILES string of the molecule is COc1ccc(CN2C[C@]34C=CC(=O)CC3OC[C@H]4[C@H]2CO[Si](C)(C)C(C)(C)C)cc1. The zero-order valence-corrected chi connectivity index (χ0v) is 20.8. The van der Waals surface area contributed by atoms with Crippen molar-refractivity contribution in [2.24, 2.45) is 11.3 Å². The number of ketones is 1. The van der Waals surface area contributed by atoms with E-state index >= 15 is 0 Å². The number of ether oxygens (including phenoxy) is 2. The molecule has 0 amide bonds. The number of likely N-dealkylation sites (tertiary alicyclic amines) is 1. The quantitative estimate of drug-likeness (QED) is 0.609. The van der Waals surface area contributed by atoms with Gasteiger partial charge in [-0.05, 0) is 41.9 Å². The molecule has 1 aromatic carbocycles. The lowest BCUT2D eigenvalue weighted by Crippen LogP contribution is -2.46. The van der Waals surface area contributed by atoms with Crippen molar-refractivity contribution < 1.29 is 18.7 Å². The fourth-order valence-corrected chi connectivity index (χ4v) is 6.10. The Morgan fingerprint density at radius 3 is 2.58 bits per heavy atom. The smallest absolute Gasteiger partial charge is 0.192 e. The van der Waals surface area contributed by atoms with Crippen LogP contribution in [0.5, 0.6) is 5.75 Å². The molecule has 2 aliphatic heterocycles. The first-order valence-electron chi connectivity index (χ1n) is 11.4. The van der Waals surface area contributed by atoms with E-state index in [9.17, 15) is 4.79 Å². The number of nitrogens with zero attached hydrogens (tertiary/aromatic N) is 1. The maximum Gasteiger partial charge on any atom is 0.192 e. The zero-order chi connectivity index (χ0) is 22.4. The van der Waals surface area contributed by atoms with Crippen LogP contribution in [-0.4, -0.2) is 58.0 Å². The van der Waals surface area contributed by atoms with Gasteiger partial charge in [-0.15, -0.1) is 0 Å². The minimum absolute atomic E-state index is 0.00811. The number of methoxy groups -OCH3 is 1. The van der Waals surface area contributed by atoms with Crippen molar-refractivity contribution in [3.05, 3.63) is 42.0 Å². The summed E-state index contributed by atoms with van der Waals surface area (Å²) in [6.45, 7) is 14.7. The lowest BCUT2D eigenvalue weighted by atomic mass is 9.70. The van der Waals surface area contributed by atoms with Crippen LogP contribution >= 0.6 is 0 Å². The molecule has 1 spiro atoms. The van der Waals surface area contributed by atoms with Gasteiger partial charge in [0, 0.05) is 43.5 Å². The molecule has 3 aliphatic rings. The van der Waals surface area contributed by atoms with Gasteiger partial charge in [0.1, 0.15) is 5.75 Å². The topological polar surface area (TPSA) is 48.0 Å². The van der Waals surface area contributed by atoms with Gasteiger partial charge in [-0.1, -0.05) is 39.0 Å². The van der Waals surface area contributed by atoms with E-state index in [-0.39, 0.29) is 28.4 Å². The number of rotatable bonds is 6. The molecule has 1 aliphatic carbocycles. The summed E-state index contributed by atoms with van der Waals surface area (Å²) in [5.41, 5.74) is 1.19. The van der Waals surface area contributed by atoms with Crippen LogP contribution in [0.3, 0.4) is 0 Å². The summed E-state index contributed by atoms with van der Waals surface area (Å²) < 4.78 is 18.2. The van der Waals surface area contributed by atoms with Crippen LogP contribution in [0.25, 0.3) is 0 Å². The molecule has 170 valence electrons. The summed E-state index contributed by atoms with van der Waals surface area (Å²) in [6.07, 6.45) is 4.44. The maximum atomic E-state index is 12.1. The first kappa shape index (κ1) is 22.7. The van der Waals surface area contributed by atoms with Gasteiger partial charge in [0.25, 0.3) is 0 Å². The van der Waals surface area contributed by atoms with E-state index in [1.54, 1.807) is 13.2 Å². The van der Waals surface area contributed by atoms with Crippen molar-refractivity contribution in [3.8, 4) is 5.75 Å². The minimum Gasteiger partial charge on any atom is -0.497 e. The Bertz CT molecular complexity index is 844. The Balaban J connectivity index is 1.59. The van der Waals surface area contributed by atoms with Gasteiger partial charge in [-0.2, -0.15) is 0 Å². The summed E-state index contributed by atoms with van der Waals surface area (Å²) in [5, 5.41) is 0.177. The molecule has 2 fully saturated rings. The van der Waals surface area contributed by atoms with Crippen LogP contribution in [0, 0.1) is 11.3 Å². The molecule has 0 aromatic heterocycles. The van der Waals surface area contributed by atoms with Crippen LogP contribution < -0.4 is 4.74 Å². The van der Waals surface area contributed by atoms with Gasteiger partial charge < -0.3 is 13.9 Å². The molecule has 2 saturated heterocycles. The molecule has 31 heavy (non-hydrogen) atoms. The Morgan fingerprint density at radius 2 is 1.94 bits per heavy atom. The molecule has 0 N–H and O–H groups in total. The average molecular weight is 444 g/mol. The van der Waals surface area contributed by atoms with Gasteiger partial charge in [-0.25, -0.2) is 0 Å². The van der Waals surface area contributed by atoms with E-state index in [0.29, 0.717) is 18.9 Å². The highest BCUT2D eigenvalue weighted by atomic mass is 28.4. The molecule has 4 rings (SSSR count). The molecular weight excluding hydrogens is 406 g/mol. The second-order valence-corrected chi connectivity index (χ2v) is 15.7. The van der Waals surface area contributed by atoms with Crippen LogP contribution in [0.2, 0.25) is 18.1 Å². The van der Waals surface area contributed by atoms with Crippen molar-refractivity contribution >= 4 is 14.1 Å². The highest BCUT2D eigenvalue weighted by Crippen LogP contribution is 2.53. The molecule has 5 nitrogen and oxygen atoms in total. The lowest BCUT2D eigenvalue weighted by molar-refractivity contribution is -0.118. The van der Waals surface area contributed by atoms with Crippen molar-refractivity contribution in [2.75, 3.05) is 26.9 Å². The van der Waals surface area contributed by atoms with E-state index < -0.39 is 8.32 Å². The van der Waals surface area contributed by atoms with E-state index in [1.807, 2.05) is 12.1 Å². The van der Waals surface area contributed by atoms with Crippen molar-refractivity contribution in [2.45, 2.75) is 64.0 Å². The second kappa shape index (κ2) is 8.14. The highest BCUT2D eigenvalue weighted by molar-refractivity contribution is 6.74. The normalized spacial score (nSPS) is 31.0. The molecule has 6 heteroatoms. The first-order valence-corrected chi connectivity index (χ1v) is 14.3. The van der Waals surface area contributed by atoms with Crippen LogP contribution in [0.4, 0.5) is 0 Å². The standard InChI is InChI=1S/C25H37NO4Si/c1-24(2,3)31(5,6)30-16-22-21-15-29-23-13-19(27)11-12-25(21,23)17-26(22)14-18-7-9-20(28-4)10-8-18/h7-12,21-23H,13-17H2,1-6H3/t21-,22+,23?,25-/m0/s1. The Kier molecular flexibility index (Phi) is 5.96. The predicted molar refractivity (Wildman–Crippen MR) is 125 cm³/mol. The average Bonchev–Trinajstić information content (AvgIpc) is 3.19. The number of carbonyl (C=O) groups is 1. The highest BCUT2D eigenvalue weighted by Gasteiger charge is 2.60. The molecule has 1 unspecified atom stereocenters. The third-order valence-corrected chi connectivity index (χ3v) is 12.6. The van der Waals surface area contributed by atoms with Crippen molar-refractivity contribution in [3.63, 3.8) is 0 Å². The summed E-state index contributed by atoms with van der Waals surface area (Å²) >= 11 is 0. The van der Waals surface area contributed by atoms with E-state index in [1.165, 1.54) is 5.56 Å². The summed E-state index contributed by atoms with van der Waals surface area (Å²) in [5.74, 6) is 1.41. The number of hydrogen-bond acceptors (Lipinski definition) is 5. The minimum atomic E-state index is -1.86. The van der Waals surface area contributed by atoms with Crippen LogP contribution in [0.1, 0.15) is 32.8 Å². The predicted octanol–water partition coefficient (Wildman–Crippen LogP) is 4.43. The Hall–Kier alpha value is -1.47. The van der Waals surface area contributed by atoms with Crippen molar-refractivity contribution in [1.29, 1.82) is 0 Å². The van der Waals surface area contributed by atoms with Gasteiger partial charge in [0.05, 0.1) is 19.8 Å². The van der Waals surface area contributed by atoms with Gasteiger partial charge in [0.15, 0.2) is 14.1 Å². The summed E-state index contributed by atoms with van der Waals surface area (Å²) in [6, 6.07) is 8.61. The fraction of sp³-hybridized carbons (Fsp3) is 0.640. The van der Waals surface area contributed by atoms with E-state index in [4.69, 9.17) is 13.9 Å². The van der Waals surface area contributed by atoms with Gasteiger partial charge in [0.2, 0.25) is 0 Å². The zero-order valence-electron chi connectivity index (χ0n) is 19.8. The first-order chi connectivity index (χ1) is 14.6. The van der Waals surface area contributed by atoms with Crippen LogP contribution in [-0.2, 0) is 20.5 Å². The lowest BCUT2D eigenvalue weighted by Gasteiger charge is -2.38.